The largest absolute Gasteiger partial charge is 0.344 e. The van der Waals surface area contributed by atoms with Crippen molar-refractivity contribution < 1.29 is 14.8 Å². The molecule has 2 rings (SSSR count). The van der Waals surface area contributed by atoms with Crippen LogP contribution in [0.1, 0.15) is 12.8 Å². The molecule has 16 heavy (non-hydrogen) atoms. The van der Waals surface area contributed by atoms with Crippen LogP contribution < -0.4 is 5.43 Å². The molecule has 1 unspecified atom stereocenters. The number of hydrazine groups is 1. The van der Waals surface area contributed by atoms with E-state index in [2.05, 4.69) is 5.43 Å². The molecular formula is C9H16N4O3. The van der Waals surface area contributed by atoms with E-state index in [0.29, 0.717) is 19.4 Å². The van der Waals surface area contributed by atoms with Gasteiger partial charge < -0.3 is 4.90 Å². The SMILES string of the molecule is CN(C)NC(=O)[C@@H]1CCC2CN1C(=O)N2O. The molecule has 2 fully saturated rings. The van der Waals surface area contributed by atoms with E-state index in [1.54, 1.807) is 19.1 Å². The van der Waals surface area contributed by atoms with Gasteiger partial charge in [-0.2, -0.15) is 0 Å². The summed E-state index contributed by atoms with van der Waals surface area (Å²) in [5, 5.41) is 11.7. The van der Waals surface area contributed by atoms with Crippen LogP contribution >= 0.6 is 0 Å². The van der Waals surface area contributed by atoms with Gasteiger partial charge in [-0.3, -0.25) is 15.4 Å². The molecule has 0 aromatic heterocycles. The Morgan fingerprint density at radius 2 is 2.19 bits per heavy atom. The zero-order valence-corrected chi connectivity index (χ0v) is 9.38. The van der Waals surface area contributed by atoms with Crippen LogP contribution in [0.2, 0.25) is 0 Å². The van der Waals surface area contributed by atoms with Crippen molar-refractivity contribution >= 4 is 11.9 Å². The maximum absolute atomic E-state index is 11.8. The number of carbonyl (C=O) groups is 2. The van der Waals surface area contributed by atoms with Crippen LogP contribution in [0, 0.1) is 0 Å². The minimum absolute atomic E-state index is 0.157. The van der Waals surface area contributed by atoms with Gasteiger partial charge in [0.25, 0.3) is 5.91 Å². The summed E-state index contributed by atoms with van der Waals surface area (Å²) in [6.07, 6.45) is 1.25. The van der Waals surface area contributed by atoms with Crippen LogP contribution in [-0.2, 0) is 4.79 Å². The standard InChI is InChI=1S/C9H16N4O3/c1-11(2)10-8(14)7-4-3-6-5-12(7)9(15)13(6)16/h6-7,16H,3-5H2,1-2H3,(H,10,14)/t6?,7-/m0/s1. The van der Waals surface area contributed by atoms with Crippen LogP contribution in [0.15, 0.2) is 0 Å². The van der Waals surface area contributed by atoms with Crippen LogP contribution in [0.5, 0.6) is 0 Å². The average molecular weight is 228 g/mol. The van der Waals surface area contributed by atoms with Crippen molar-refractivity contribution in [3.05, 3.63) is 0 Å². The van der Waals surface area contributed by atoms with Gasteiger partial charge in [0.05, 0.1) is 6.04 Å². The molecule has 2 heterocycles. The highest BCUT2D eigenvalue weighted by Crippen LogP contribution is 2.28. The quantitative estimate of drug-likeness (QED) is 0.481. The molecule has 3 amide bonds. The summed E-state index contributed by atoms with van der Waals surface area (Å²) in [5.74, 6) is -0.202. The van der Waals surface area contributed by atoms with Gasteiger partial charge in [0.2, 0.25) is 0 Å². The second-order valence-corrected chi connectivity index (χ2v) is 4.40. The normalized spacial score (nSPS) is 28.9. The smallest absolute Gasteiger partial charge is 0.309 e. The fraction of sp³-hybridized carbons (Fsp3) is 0.778. The number of hydrogen-bond acceptors (Lipinski definition) is 4. The van der Waals surface area contributed by atoms with E-state index in [4.69, 9.17) is 0 Å². The van der Waals surface area contributed by atoms with Crippen molar-refractivity contribution in [2.45, 2.75) is 24.9 Å². The van der Waals surface area contributed by atoms with Crippen molar-refractivity contribution in [3.8, 4) is 0 Å². The maximum Gasteiger partial charge on any atom is 0.344 e. The van der Waals surface area contributed by atoms with E-state index in [1.807, 2.05) is 0 Å². The molecule has 2 aliphatic rings. The molecule has 90 valence electrons. The minimum atomic E-state index is -0.471. The Morgan fingerprint density at radius 1 is 1.50 bits per heavy atom. The third-order valence-electron chi connectivity index (χ3n) is 2.98. The van der Waals surface area contributed by atoms with E-state index in [9.17, 15) is 14.8 Å². The molecule has 0 spiro atoms. The van der Waals surface area contributed by atoms with Gasteiger partial charge in [0, 0.05) is 20.6 Å². The van der Waals surface area contributed by atoms with Gasteiger partial charge in [0.1, 0.15) is 6.04 Å². The summed E-state index contributed by atoms with van der Waals surface area (Å²) < 4.78 is 0. The molecule has 2 aliphatic heterocycles. The first-order valence-corrected chi connectivity index (χ1v) is 5.27. The lowest BCUT2D eigenvalue weighted by atomic mass is 10.0. The van der Waals surface area contributed by atoms with Crippen molar-refractivity contribution in [2.24, 2.45) is 0 Å². The third kappa shape index (κ3) is 1.72. The summed E-state index contributed by atoms with van der Waals surface area (Å²) in [6, 6.07) is -1.10. The summed E-state index contributed by atoms with van der Waals surface area (Å²) >= 11 is 0. The molecule has 0 radical (unpaired) electrons. The van der Waals surface area contributed by atoms with Crippen molar-refractivity contribution in [3.63, 3.8) is 0 Å². The first-order chi connectivity index (χ1) is 7.50. The molecule has 2 bridgehead atoms. The zero-order valence-electron chi connectivity index (χ0n) is 9.38. The van der Waals surface area contributed by atoms with Crippen LogP contribution in [0.3, 0.4) is 0 Å². The molecule has 0 aliphatic carbocycles. The Morgan fingerprint density at radius 3 is 2.81 bits per heavy atom. The topological polar surface area (TPSA) is 76.1 Å². The van der Waals surface area contributed by atoms with Crippen LogP contribution in [0.25, 0.3) is 0 Å². The molecule has 7 heteroatoms. The number of urea groups is 1. The van der Waals surface area contributed by atoms with E-state index >= 15 is 0 Å². The zero-order chi connectivity index (χ0) is 11.9. The van der Waals surface area contributed by atoms with Gasteiger partial charge in [-0.1, -0.05) is 0 Å². The number of nitrogens with one attached hydrogen (secondary N) is 1. The van der Waals surface area contributed by atoms with Gasteiger partial charge >= 0.3 is 6.03 Å². The number of nitrogens with zero attached hydrogens (tertiary/aromatic N) is 3. The van der Waals surface area contributed by atoms with Crippen LogP contribution in [0.4, 0.5) is 4.79 Å². The van der Waals surface area contributed by atoms with Gasteiger partial charge in [-0.15, -0.1) is 0 Å². The molecular weight excluding hydrogens is 212 g/mol. The fourth-order valence-corrected chi connectivity index (χ4v) is 2.22. The molecule has 2 saturated heterocycles. The summed E-state index contributed by atoms with van der Waals surface area (Å²) in [6.45, 7) is 0.431. The highest BCUT2D eigenvalue weighted by molar-refractivity contribution is 5.88. The van der Waals surface area contributed by atoms with Crippen LogP contribution in [-0.4, -0.2) is 64.8 Å². The lowest BCUT2D eigenvalue weighted by Crippen LogP contribution is -2.52. The molecule has 0 aromatic carbocycles. The lowest BCUT2D eigenvalue weighted by Gasteiger charge is -2.30. The van der Waals surface area contributed by atoms with Crippen molar-refractivity contribution in [2.75, 3.05) is 20.6 Å². The van der Waals surface area contributed by atoms with Crippen molar-refractivity contribution in [1.29, 1.82) is 0 Å². The van der Waals surface area contributed by atoms with Gasteiger partial charge in [-0.05, 0) is 12.8 Å². The monoisotopic (exact) mass is 228 g/mol. The number of hydrogen-bond donors (Lipinski definition) is 2. The number of carbonyl (C=O) groups excluding carboxylic acids is 2. The van der Waals surface area contributed by atoms with Gasteiger partial charge in [-0.25, -0.2) is 14.9 Å². The van der Waals surface area contributed by atoms with E-state index in [0.717, 1.165) is 5.06 Å². The molecule has 2 N–H and O–H groups in total. The number of hydroxylamine groups is 2. The summed E-state index contributed by atoms with van der Waals surface area (Å²) in [7, 11) is 3.43. The highest BCUT2D eigenvalue weighted by Gasteiger charge is 2.46. The predicted octanol–water partition coefficient (Wildman–Crippen LogP) is -0.763. The number of piperidine rings is 1. The molecule has 0 saturated carbocycles. The number of fused-ring (bicyclic) bond motifs is 2. The first kappa shape index (κ1) is 11.2. The Balaban J connectivity index is 2.07. The molecule has 7 nitrogen and oxygen atoms in total. The number of rotatable bonds is 2. The van der Waals surface area contributed by atoms with E-state index in [-0.39, 0.29) is 11.9 Å². The second-order valence-electron chi connectivity index (χ2n) is 4.40. The summed E-state index contributed by atoms with van der Waals surface area (Å²) in [4.78, 5) is 24.8. The predicted molar refractivity (Wildman–Crippen MR) is 54.4 cm³/mol. The van der Waals surface area contributed by atoms with Crippen molar-refractivity contribution in [1.82, 2.24) is 20.4 Å². The number of amides is 3. The van der Waals surface area contributed by atoms with E-state index < -0.39 is 12.1 Å². The molecule has 2 atom stereocenters. The Hall–Kier alpha value is -1.34. The van der Waals surface area contributed by atoms with Gasteiger partial charge in [0.15, 0.2) is 0 Å². The highest BCUT2D eigenvalue weighted by atomic mass is 16.5. The van der Waals surface area contributed by atoms with E-state index in [1.165, 1.54) is 4.90 Å². The maximum atomic E-state index is 11.8. The third-order valence-corrected chi connectivity index (χ3v) is 2.98. The molecule has 0 aromatic rings. The first-order valence-electron chi connectivity index (χ1n) is 5.27. The summed E-state index contributed by atoms with van der Waals surface area (Å²) in [5.41, 5.74) is 2.63. The minimum Gasteiger partial charge on any atom is -0.309 e. The lowest BCUT2D eigenvalue weighted by molar-refractivity contribution is -0.129. The average Bonchev–Trinajstić information content (AvgIpc) is 2.43. The Labute approximate surface area is 93.5 Å². The fourth-order valence-electron chi connectivity index (χ4n) is 2.22. The second kappa shape index (κ2) is 3.91. The Kier molecular flexibility index (Phi) is 2.73. The Bertz CT molecular complexity index is 320.